The van der Waals surface area contributed by atoms with Gasteiger partial charge in [-0.05, 0) is 42.3 Å². The normalized spacial score (nSPS) is 10.6. The Labute approximate surface area is 117 Å². The van der Waals surface area contributed by atoms with Crippen LogP contribution in [0.1, 0.15) is 11.1 Å². The van der Waals surface area contributed by atoms with E-state index in [1.165, 1.54) is 6.08 Å². The Bertz CT molecular complexity index is 605. The van der Waals surface area contributed by atoms with Gasteiger partial charge in [0.15, 0.2) is 0 Å². The summed E-state index contributed by atoms with van der Waals surface area (Å²) in [6.45, 7) is 1.94. The van der Waals surface area contributed by atoms with Gasteiger partial charge in [0.05, 0.1) is 0 Å². The highest BCUT2D eigenvalue weighted by molar-refractivity contribution is 6.31. The summed E-state index contributed by atoms with van der Waals surface area (Å²) in [7, 11) is 0. The van der Waals surface area contributed by atoms with E-state index in [-0.39, 0.29) is 5.91 Å². The number of para-hydroxylation sites is 1. The van der Waals surface area contributed by atoms with Gasteiger partial charge < -0.3 is 5.32 Å². The van der Waals surface area contributed by atoms with Gasteiger partial charge >= 0.3 is 0 Å². The van der Waals surface area contributed by atoms with Crippen LogP contribution in [-0.4, -0.2) is 5.91 Å². The minimum atomic E-state index is -0.164. The number of anilines is 1. The molecule has 0 unspecified atom stereocenters. The Hall–Kier alpha value is -2.06. The highest BCUT2D eigenvalue weighted by Crippen LogP contribution is 2.17. The Kier molecular flexibility index (Phi) is 4.37. The maximum atomic E-state index is 11.7. The highest BCUT2D eigenvalue weighted by atomic mass is 35.5. The van der Waals surface area contributed by atoms with Crippen molar-refractivity contribution >= 4 is 29.3 Å². The average Bonchev–Trinajstić information content (AvgIpc) is 2.41. The third-order valence-corrected chi connectivity index (χ3v) is 3.07. The van der Waals surface area contributed by atoms with Gasteiger partial charge in [-0.15, -0.1) is 0 Å². The summed E-state index contributed by atoms with van der Waals surface area (Å²) in [6.07, 6.45) is 3.23. The molecule has 0 heterocycles. The molecule has 2 rings (SSSR count). The van der Waals surface area contributed by atoms with Crippen LogP contribution >= 0.6 is 11.6 Å². The second kappa shape index (κ2) is 6.21. The summed E-state index contributed by atoms with van der Waals surface area (Å²) in [4.78, 5) is 11.7. The first-order valence-corrected chi connectivity index (χ1v) is 6.33. The molecule has 0 atom stereocenters. The number of amides is 1. The molecule has 0 bridgehead atoms. The summed E-state index contributed by atoms with van der Waals surface area (Å²) in [5.41, 5.74) is 2.70. The van der Waals surface area contributed by atoms with Gasteiger partial charge in [-0.3, -0.25) is 4.79 Å². The maximum Gasteiger partial charge on any atom is 0.248 e. The van der Waals surface area contributed by atoms with Crippen molar-refractivity contribution in [3.8, 4) is 0 Å². The van der Waals surface area contributed by atoms with Crippen molar-refractivity contribution in [3.05, 3.63) is 70.8 Å². The Balaban J connectivity index is 2.02. The van der Waals surface area contributed by atoms with Crippen LogP contribution in [0.25, 0.3) is 6.08 Å². The number of carbonyl (C=O) groups excluding carboxylic acids is 1. The molecule has 0 radical (unpaired) electrons. The molecule has 19 heavy (non-hydrogen) atoms. The summed E-state index contributed by atoms with van der Waals surface area (Å²) >= 11 is 6.02. The van der Waals surface area contributed by atoms with Crippen LogP contribution in [0.5, 0.6) is 0 Å². The average molecular weight is 272 g/mol. The third kappa shape index (κ3) is 3.97. The van der Waals surface area contributed by atoms with Crippen molar-refractivity contribution in [1.29, 1.82) is 0 Å². The number of nitrogens with one attached hydrogen (secondary N) is 1. The molecule has 1 amide bonds. The standard InChI is InChI=1S/C16H14ClNO/c1-12-7-8-13(11-15(12)17)9-10-16(19)18-14-5-3-2-4-6-14/h2-11H,1H3,(H,18,19). The fourth-order valence-corrected chi connectivity index (χ4v) is 1.78. The molecule has 96 valence electrons. The van der Waals surface area contributed by atoms with E-state index in [9.17, 15) is 4.79 Å². The van der Waals surface area contributed by atoms with Crippen molar-refractivity contribution in [3.63, 3.8) is 0 Å². The zero-order chi connectivity index (χ0) is 13.7. The zero-order valence-electron chi connectivity index (χ0n) is 10.6. The minimum Gasteiger partial charge on any atom is -0.323 e. The molecule has 0 aliphatic heterocycles. The predicted octanol–water partition coefficient (Wildman–Crippen LogP) is 4.30. The number of hydrogen-bond donors (Lipinski definition) is 1. The van der Waals surface area contributed by atoms with E-state index < -0.39 is 0 Å². The molecule has 2 aromatic rings. The van der Waals surface area contributed by atoms with E-state index in [0.29, 0.717) is 5.02 Å². The van der Waals surface area contributed by atoms with Crippen LogP contribution in [0.3, 0.4) is 0 Å². The third-order valence-electron chi connectivity index (χ3n) is 2.66. The maximum absolute atomic E-state index is 11.7. The van der Waals surface area contributed by atoms with Gasteiger partial charge in [-0.1, -0.05) is 41.9 Å². The predicted molar refractivity (Wildman–Crippen MR) is 80.3 cm³/mol. The zero-order valence-corrected chi connectivity index (χ0v) is 11.3. The molecule has 0 aliphatic carbocycles. The summed E-state index contributed by atoms with van der Waals surface area (Å²) in [5.74, 6) is -0.164. The number of halogens is 1. The van der Waals surface area contributed by atoms with E-state index in [2.05, 4.69) is 5.32 Å². The monoisotopic (exact) mass is 271 g/mol. The largest absolute Gasteiger partial charge is 0.323 e. The quantitative estimate of drug-likeness (QED) is 0.829. The topological polar surface area (TPSA) is 29.1 Å². The number of carbonyl (C=O) groups is 1. The molecular formula is C16H14ClNO. The van der Waals surface area contributed by atoms with Gasteiger partial charge in [0.25, 0.3) is 0 Å². The first kappa shape index (κ1) is 13.4. The van der Waals surface area contributed by atoms with E-state index in [1.54, 1.807) is 6.08 Å². The SMILES string of the molecule is Cc1ccc(C=CC(=O)Nc2ccccc2)cc1Cl. The molecular weight excluding hydrogens is 258 g/mol. The van der Waals surface area contributed by atoms with Crippen molar-refractivity contribution in [1.82, 2.24) is 0 Å². The van der Waals surface area contributed by atoms with Crippen LogP contribution in [-0.2, 0) is 4.79 Å². The number of aryl methyl sites for hydroxylation is 1. The van der Waals surface area contributed by atoms with E-state index >= 15 is 0 Å². The van der Waals surface area contributed by atoms with Crippen molar-refractivity contribution in [2.75, 3.05) is 5.32 Å². The van der Waals surface area contributed by atoms with Crippen molar-refractivity contribution in [2.45, 2.75) is 6.92 Å². The first-order valence-electron chi connectivity index (χ1n) is 5.95. The van der Waals surface area contributed by atoms with Gasteiger partial charge in [-0.2, -0.15) is 0 Å². The van der Waals surface area contributed by atoms with Gasteiger partial charge in [0.2, 0.25) is 5.91 Å². The lowest BCUT2D eigenvalue weighted by molar-refractivity contribution is -0.111. The van der Waals surface area contributed by atoms with Crippen LogP contribution in [0.4, 0.5) is 5.69 Å². The smallest absolute Gasteiger partial charge is 0.248 e. The molecule has 1 N–H and O–H groups in total. The molecule has 0 saturated carbocycles. The fourth-order valence-electron chi connectivity index (χ4n) is 1.59. The molecule has 2 nitrogen and oxygen atoms in total. The van der Waals surface area contributed by atoms with Gasteiger partial charge in [-0.25, -0.2) is 0 Å². The number of rotatable bonds is 3. The molecule has 0 fully saturated rings. The minimum absolute atomic E-state index is 0.164. The second-order valence-corrected chi connectivity index (χ2v) is 4.60. The lowest BCUT2D eigenvalue weighted by Gasteiger charge is -2.01. The van der Waals surface area contributed by atoms with Gasteiger partial charge in [0.1, 0.15) is 0 Å². The van der Waals surface area contributed by atoms with Gasteiger partial charge in [0, 0.05) is 16.8 Å². The Morgan fingerprint density at radius 3 is 2.58 bits per heavy atom. The van der Waals surface area contributed by atoms with E-state index in [0.717, 1.165) is 16.8 Å². The van der Waals surface area contributed by atoms with Crippen LogP contribution in [0.15, 0.2) is 54.6 Å². The van der Waals surface area contributed by atoms with Crippen LogP contribution < -0.4 is 5.32 Å². The number of hydrogen-bond acceptors (Lipinski definition) is 1. The molecule has 0 aliphatic rings. The number of benzene rings is 2. The van der Waals surface area contributed by atoms with Crippen molar-refractivity contribution in [2.24, 2.45) is 0 Å². The fraction of sp³-hybridized carbons (Fsp3) is 0.0625. The summed E-state index contributed by atoms with van der Waals surface area (Å²) in [6, 6.07) is 15.0. The Morgan fingerprint density at radius 2 is 1.89 bits per heavy atom. The second-order valence-electron chi connectivity index (χ2n) is 4.20. The molecule has 0 spiro atoms. The van der Waals surface area contributed by atoms with Crippen LogP contribution in [0.2, 0.25) is 5.02 Å². The lowest BCUT2D eigenvalue weighted by atomic mass is 10.1. The summed E-state index contributed by atoms with van der Waals surface area (Å²) in [5, 5.41) is 3.48. The van der Waals surface area contributed by atoms with Crippen LogP contribution in [0, 0.1) is 6.92 Å². The summed E-state index contributed by atoms with van der Waals surface area (Å²) < 4.78 is 0. The molecule has 0 saturated heterocycles. The highest BCUT2D eigenvalue weighted by Gasteiger charge is 1.98. The molecule has 2 aromatic carbocycles. The van der Waals surface area contributed by atoms with Crippen molar-refractivity contribution < 1.29 is 4.79 Å². The molecule has 3 heteroatoms. The Morgan fingerprint density at radius 1 is 1.16 bits per heavy atom. The van der Waals surface area contributed by atoms with E-state index in [1.807, 2.05) is 55.5 Å². The van der Waals surface area contributed by atoms with E-state index in [4.69, 9.17) is 11.6 Å². The molecule has 0 aromatic heterocycles. The lowest BCUT2D eigenvalue weighted by Crippen LogP contribution is -2.07. The first-order chi connectivity index (χ1) is 9.15.